The molecular formula is C17H13N3. The summed E-state index contributed by atoms with van der Waals surface area (Å²) in [6.07, 6.45) is 3.66. The second-order valence-corrected chi connectivity index (χ2v) is 4.61. The van der Waals surface area contributed by atoms with Gasteiger partial charge < -0.3 is 0 Å². The summed E-state index contributed by atoms with van der Waals surface area (Å²) in [7, 11) is 0. The molecule has 96 valence electrons. The van der Waals surface area contributed by atoms with Crippen LogP contribution in [0.15, 0.2) is 60.9 Å². The summed E-state index contributed by atoms with van der Waals surface area (Å²) in [5.74, 6) is 0. The lowest BCUT2D eigenvalue weighted by atomic mass is 9.97. The van der Waals surface area contributed by atoms with E-state index in [0.29, 0.717) is 0 Å². The molecule has 0 N–H and O–H groups in total. The number of aryl methyl sites for hydroxylation is 1. The zero-order valence-corrected chi connectivity index (χ0v) is 11.1. The third kappa shape index (κ3) is 2.08. The highest BCUT2D eigenvalue weighted by molar-refractivity contribution is 5.72. The summed E-state index contributed by atoms with van der Waals surface area (Å²) in [6.45, 7) is 1.96. The molecule has 0 bridgehead atoms. The Balaban J connectivity index is 2.05. The minimum Gasteiger partial charge on any atom is -0.241 e. The van der Waals surface area contributed by atoms with Crippen molar-refractivity contribution in [3.05, 3.63) is 72.1 Å². The Labute approximate surface area is 117 Å². The maximum absolute atomic E-state index is 9.30. The average molecular weight is 259 g/mol. The number of hydrogen-bond acceptors (Lipinski definition) is 2. The predicted molar refractivity (Wildman–Crippen MR) is 78.5 cm³/mol. The molecule has 0 atom stereocenters. The van der Waals surface area contributed by atoms with E-state index in [1.807, 2.05) is 66.3 Å². The fraction of sp³-hybridized carbons (Fsp3) is 0.0588. The Morgan fingerprint density at radius 1 is 1.05 bits per heavy atom. The lowest BCUT2D eigenvalue weighted by molar-refractivity contribution is 0.881. The van der Waals surface area contributed by atoms with E-state index < -0.39 is 0 Å². The summed E-state index contributed by atoms with van der Waals surface area (Å²) in [6, 6.07) is 18.1. The van der Waals surface area contributed by atoms with Crippen LogP contribution < -0.4 is 0 Å². The fourth-order valence-corrected chi connectivity index (χ4v) is 2.27. The summed E-state index contributed by atoms with van der Waals surface area (Å²) in [5.41, 5.74) is 4.76. The third-order valence-corrected chi connectivity index (χ3v) is 3.33. The highest BCUT2D eigenvalue weighted by Crippen LogP contribution is 2.26. The number of benzene rings is 2. The van der Waals surface area contributed by atoms with Crippen LogP contribution in [-0.2, 0) is 0 Å². The third-order valence-electron chi connectivity index (χ3n) is 3.33. The quantitative estimate of drug-likeness (QED) is 0.703. The number of aromatic nitrogens is 2. The minimum atomic E-state index is 0.735. The topological polar surface area (TPSA) is 41.6 Å². The highest BCUT2D eigenvalue weighted by Gasteiger charge is 2.07. The van der Waals surface area contributed by atoms with Crippen LogP contribution in [0.5, 0.6) is 0 Å². The van der Waals surface area contributed by atoms with Gasteiger partial charge in [-0.3, -0.25) is 0 Å². The second kappa shape index (κ2) is 5.02. The van der Waals surface area contributed by atoms with Gasteiger partial charge in [0.25, 0.3) is 0 Å². The molecule has 3 aromatic rings. The standard InChI is InChI=1S/C17H13N3/c1-13-4-2-5-16(17(13)12-18)14-6-8-15(9-7-14)20-11-3-10-19-20/h2-11H,1H3. The van der Waals surface area contributed by atoms with Gasteiger partial charge in [-0.15, -0.1) is 0 Å². The van der Waals surface area contributed by atoms with Crippen molar-refractivity contribution in [1.82, 2.24) is 9.78 Å². The van der Waals surface area contributed by atoms with Crippen LogP contribution in [0.2, 0.25) is 0 Å². The molecule has 0 fully saturated rings. The Bertz CT molecular complexity index is 763. The summed E-state index contributed by atoms with van der Waals surface area (Å²) in [4.78, 5) is 0. The van der Waals surface area contributed by atoms with Gasteiger partial charge in [-0.2, -0.15) is 10.4 Å². The molecule has 1 heterocycles. The Morgan fingerprint density at radius 3 is 2.50 bits per heavy atom. The molecule has 0 amide bonds. The molecular weight excluding hydrogens is 246 g/mol. The first-order valence-electron chi connectivity index (χ1n) is 6.40. The SMILES string of the molecule is Cc1cccc(-c2ccc(-n3cccn3)cc2)c1C#N. The molecule has 3 nitrogen and oxygen atoms in total. The average Bonchev–Trinajstić information content (AvgIpc) is 3.01. The first kappa shape index (κ1) is 12.2. The molecule has 0 aliphatic heterocycles. The van der Waals surface area contributed by atoms with Crippen molar-refractivity contribution in [2.45, 2.75) is 6.92 Å². The zero-order chi connectivity index (χ0) is 13.9. The first-order chi connectivity index (χ1) is 9.79. The van der Waals surface area contributed by atoms with Crippen molar-refractivity contribution >= 4 is 0 Å². The van der Waals surface area contributed by atoms with Gasteiger partial charge in [0, 0.05) is 12.4 Å². The van der Waals surface area contributed by atoms with E-state index in [0.717, 1.165) is 27.9 Å². The van der Waals surface area contributed by atoms with Gasteiger partial charge in [0.1, 0.15) is 6.07 Å². The monoisotopic (exact) mass is 259 g/mol. The Morgan fingerprint density at radius 2 is 1.85 bits per heavy atom. The molecule has 0 saturated carbocycles. The molecule has 1 aromatic heterocycles. The Kier molecular flexibility index (Phi) is 3.06. The van der Waals surface area contributed by atoms with E-state index in [2.05, 4.69) is 11.2 Å². The lowest BCUT2D eigenvalue weighted by Crippen LogP contribution is -1.94. The van der Waals surface area contributed by atoms with Crippen LogP contribution in [0.25, 0.3) is 16.8 Å². The number of nitriles is 1. The van der Waals surface area contributed by atoms with Gasteiger partial charge in [0.15, 0.2) is 0 Å². The van der Waals surface area contributed by atoms with E-state index in [-0.39, 0.29) is 0 Å². The van der Waals surface area contributed by atoms with Crippen LogP contribution >= 0.6 is 0 Å². The van der Waals surface area contributed by atoms with Crippen molar-refractivity contribution < 1.29 is 0 Å². The summed E-state index contributed by atoms with van der Waals surface area (Å²) >= 11 is 0. The summed E-state index contributed by atoms with van der Waals surface area (Å²) < 4.78 is 1.81. The molecule has 3 heteroatoms. The zero-order valence-electron chi connectivity index (χ0n) is 11.1. The number of nitrogens with zero attached hydrogens (tertiary/aromatic N) is 3. The largest absolute Gasteiger partial charge is 0.241 e. The first-order valence-corrected chi connectivity index (χ1v) is 6.40. The number of rotatable bonds is 2. The van der Waals surface area contributed by atoms with Crippen molar-refractivity contribution in [1.29, 1.82) is 5.26 Å². The molecule has 0 aliphatic carbocycles. The fourth-order valence-electron chi connectivity index (χ4n) is 2.27. The van der Waals surface area contributed by atoms with E-state index in [4.69, 9.17) is 0 Å². The maximum Gasteiger partial charge on any atom is 0.100 e. The molecule has 0 unspecified atom stereocenters. The number of hydrogen-bond donors (Lipinski definition) is 0. The van der Waals surface area contributed by atoms with E-state index in [1.165, 1.54) is 0 Å². The smallest absolute Gasteiger partial charge is 0.100 e. The van der Waals surface area contributed by atoms with Crippen molar-refractivity contribution in [3.63, 3.8) is 0 Å². The molecule has 0 spiro atoms. The second-order valence-electron chi connectivity index (χ2n) is 4.61. The van der Waals surface area contributed by atoms with Gasteiger partial charge in [-0.1, -0.05) is 30.3 Å². The molecule has 3 rings (SSSR count). The van der Waals surface area contributed by atoms with Crippen molar-refractivity contribution in [2.24, 2.45) is 0 Å². The lowest BCUT2D eigenvalue weighted by Gasteiger charge is -2.08. The van der Waals surface area contributed by atoms with Crippen LogP contribution in [-0.4, -0.2) is 9.78 Å². The van der Waals surface area contributed by atoms with Crippen LogP contribution in [0, 0.1) is 18.3 Å². The maximum atomic E-state index is 9.30. The van der Waals surface area contributed by atoms with E-state index in [1.54, 1.807) is 6.20 Å². The van der Waals surface area contributed by atoms with Gasteiger partial charge >= 0.3 is 0 Å². The molecule has 0 radical (unpaired) electrons. The predicted octanol–water partition coefficient (Wildman–Crippen LogP) is 3.72. The van der Waals surface area contributed by atoms with Gasteiger partial charge in [0.2, 0.25) is 0 Å². The molecule has 20 heavy (non-hydrogen) atoms. The Hall–Kier alpha value is -2.86. The molecule has 0 aliphatic rings. The van der Waals surface area contributed by atoms with E-state index in [9.17, 15) is 5.26 Å². The molecule has 2 aromatic carbocycles. The van der Waals surface area contributed by atoms with E-state index >= 15 is 0 Å². The highest BCUT2D eigenvalue weighted by atomic mass is 15.3. The van der Waals surface area contributed by atoms with Crippen LogP contribution in [0.1, 0.15) is 11.1 Å². The summed E-state index contributed by atoms with van der Waals surface area (Å²) in [5, 5.41) is 13.5. The normalized spacial score (nSPS) is 10.2. The van der Waals surface area contributed by atoms with Crippen LogP contribution in [0.4, 0.5) is 0 Å². The minimum absolute atomic E-state index is 0.735. The van der Waals surface area contributed by atoms with Crippen molar-refractivity contribution in [2.75, 3.05) is 0 Å². The molecule has 0 saturated heterocycles. The van der Waals surface area contributed by atoms with Crippen LogP contribution in [0.3, 0.4) is 0 Å². The van der Waals surface area contributed by atoms with Gasteiger partial charge in [-0.25, -0.2) is 4.68 Å². The van der Waals surface area contributed by atoms with Crippen molar-refractivity contribution in [3.8, 4) is 22.9 Å². The van der Waals surface area contributed by atoms with Gasteiger partial charge in [0.05, 0.1) is 11.3 Å². The van der Waals surface area contributed by atoms with Gasteiger partial charge in [-0.05, 0) is 41.8 Å².